The summed E-state index contributed by atoms with van der Waals surface area (Å²) < 4.78 is 0. The summed E-state index contributed by atoms with van der Waals surface area (Å²) in [6.45, 7) is 0.550. The number of nitrogens with zero attached hydrogens (tertiary/aromatic N) is 2. The standard InChI is InChI=1S/C25H24N4O2/c30-24(27-23-14-8-7-13-22(23)26-20-11-5-2-6-12-20)15-16-25(31)29-18-17-21(28-29)19-9-3-1-4-10-19/h1-14,26H,15-18H2,(H,27,30). The van der Waals surface area contributed by atoms with Gasteiger partial charge in [-0.1, -0.05) is 60.7 Å². The third kappa shape index (κ3) is 5.36. The Balaban J connectivity index is 1.32. The number of rotatable bonds is 7. The van der Waals surface area contributed by atoms with Crippen molar-refractivity contribution in [3.05, 3.63) is 90.5 Å². The summed E-state index contributed by atoms with van der Waals surface area (Å²) >= 11 is 0. The van der Waals surface area contributed by atoms with E-state index in [2.05, 4.69) is 15.7 Å². The van der Waals surface area contributed by atoms with Gasteiger partial charge in [-0.3, -0.25) is 9.59 Å². The summed E-state index contributed by atoms with van der Waals surface area (Å²) in [4.78, 5) is 25.0. The SMILES string of the molecule is O=C(CCC(=O)N1CCC(c2ccccc2)=N1)Nc1ccccc1Nc1ccccc1. The van der Waals surface area contributed by atoms with Crippen LogP contribution in [-0.4, -0.2) is 29.1 Å². The second kappa shape index (κ2) is 9.71. The highest BCUT2D eigenvalue weighted by molar-refractivity contribution is 6.03. The van der Waals surface area contributed by atoms with Crippen LogP contribution in [0, 0.1) is 0 Å². The molecule has 6 nitrogen and oxygen atoms in total. The molecular formula is C25H24N4O2. The predicted molar refractivity (Wildman–Crippen MR) is 123 cm³/mol. The molecule has 0 aliphatic carbocycles. The van der Waals surface area contributed by atoms with Gasteiger partial charge in [-0.05, 0) is 29.8 Å². The number of carbonyl (C=O) groups excluding carboxylic acids is 2. The molecule has 156 valence electrons. The minimum atomic E-state index is -0.206. The monoisotopic (exact) mass is 412 g/mol. The average molecular weight is 412 g/mol. The summed E-state index contributed by atoms with van der Waals surface area (Å²) in [6, 6.07) is 27.1. The maximum atomic E-state index is 12.5. The van der Waals surface area contributed by atoms with Crippen LogP contribution < -0.4 is 10.6 Å². The van der Waals surface area contributed by atoms with Crippen molar-refractivity contribution in [2.45, 2.75) is 19.3 Å². The Morgan fingerprint density at radius 2 is 1.45 bits per heavy atom. The van der Waals surface area contributed by atoms with Crippen molar-refractivity contribution in [2.75, 3.05) is 17.2 Å². The van der Waals surface area contributed by atoms with Gasteiger partial charge in [-0.25, -0.2) is 5.01 Å². The zero-order chi connectivity index (χ0) is 21.5. The van der Waals surface area contributed by atoms with Crippen molar-refractivity contribution < 1.29 is 9.59 Å². The normalized spacial score (nSPS) is 12.9. The maximum Gasteiger partial charge on any atom is 0.243 e. The number of hydrogen-bond acceptors (Lipinski definition) is 4. The number of anilines is 3. The third-order valence-corrected chi connectivity index (χ3v) is 5.02. The molecular weight excluding hydrogens is 388 g/mol. The number of para-hydroxylation sites is 3. The van der Waals surface area contributed by atoms with Crippen LogP contribution in [-0.2, 0) is 9.59 Å². The highest BCUT2D eigenvalue weighted by Crippen LogP contribution is 2.25. The molecule has 0 unspecified atom stereocenters. The molecule has 4 rings (SSSR count). The molecule has 31 heavy (non-hydrogen) atoms. The minimum Gasteiger partial charge on any atom is -0.354 e. The molecule has 0 radical (unpaired) electrons. The van der Waals surface area contributed by atoms with Gasteiger partial charge in [-0.15, -0.1) is 0 Å². The lowest BCUT2D eigenvalue weighted by Crippen LogP contribution is -2.25. The Kier molecular flexibility index (Phi) is 6.38. The second-order valence-electron chi connectivity index (χ2n) is 7.26. The van der Waals surface area contributed by atoms with Crippen LogP contribution >= 0.6 is 0 Å². The molecule has 0 spiro atoms. The van der Waals surface area contributed by atoms with Gasteiger partial charge in [0.05, 0.1) is 23.6 Å². The van der Waals surface area contributed by atoms with E-state index in [1.807, 2.05) is 84.9 Å². The molecule has 0 saturated carbocycles. The Bertz CT molecular complexity index is 1080. The highest BCUT2D eigenvalue weighted by Gasteiger charge is 2.22. The number of carbonyl (C=O) groups is 2. The van der Waals surface area contributed by atoms with E-state index in [1.165, 1.54) is 5.01 Å². The van der Waals surface area contributed by atoms with E-state index in [1.54, 1.807) is 0 Å². The molecule has 2 amide bonds. The summed E-state index contributed by atoms with van der Waals surface area (Å²) in [6.07, 6.45) is 0.942. The molecule has 1 heterocycles. The lowest BCUT2D eigenvalue weighted by Gasteiger charge is -2.14. The van der Waals surface area contributed by atoms with Gasteiger partial charge in [-0.2, -0.15) is 5.10 Å². The van der Waals surface area contributed by atoms with E-state index in [0.29, 0.717) is 12.2 Å². The Morgan fingerprint density at radius 3 is 2.19 bits per heavy atom. The van der Waals surface area contributed by atoms with Gasteiger partial charge in [0.1, 0.15) is 0 Å². The molecule has 2 N–H and O–H groups in total. The molecule has 1 aliphatic heterocycles. The zero-order valence-electron chi connectivity index (χ0n) is 17.1. The molecule has 0 bridgehead atoms. The summed E-state index contributed by atoms with van der Waals surface area (Å²) in [7, 11) is 0. The molecule has 3 aromatic rings. The fraction of sp³-hybridized carbons (Fsp3) is 0.160. The van der Waals surface area contributed by atoms with Crippen molar-refractivity contribution in [2.24, 2.45) is 5.10 Å². The average Bonchev–Trinajstić information content (AvgIpc) is 3.31. The van der Waals surface area contributed by atoms with Crippen molar-refractivity contribution in [1.29, 1.82) is 0 Å². The number of hydrogen-bond donors (Lipinski definition) is 2. The van der Waals surface area contributed by atoms with Crippen LogP contribution in [0.3, 0.4) is 0 Å². The van der Waals surface area contributed by atoms with Gasteiger partial charge < -0.3 is 10.6 Å². The van der Waals surface area contributed by atoms with Gasteiger partial charge in [0.25, 0.3) is 0 Å². The number of nitrogens with one attached hydrogen (secondary N) is 2. The van der Waals surface area contributed by atoms with Gasteiger partial charge in [0.15, 0.2) is 0 Å². The van der Waals surface area contributed by atoms with E-state index in [4.69, 9.17) is 0 Å². The lowest BCUT2D eigenvalue weighted by atomic mass is 10.1. The number of amides is 2. The van der Waals surface area contributed by atoms with Crippen LogP contribution in [0.25, 0.3) is 0 Å². The topological polar surface area (TPSA) is 73.8 Å². The van der Waals surface area contributed by atoms with Crippen molar-refractivity contribution in [3.8, 4) is 0 Å². The first-order valence-corrected chi connectivity index (χ1v) is 10.3. The largest absolute Gasteiger partial charge is 0.354 e. The molecule has 0 fully saturated rings. The smallest absolute Gasteiger partial charge is 0.243 e. The van der Waals surface area contributed by atoms with E-state index in [0.717, 1.165) is 29.1 Å². The first-order valence-electron chi connectivity index (χ1n) is 10.3. The van der Waals surface area contributed by atoms with Crippen molar-refractivity contribution in [3.63, 3.8) is 0 Å². The quantitative estimate of drug-likeness (QED) is 0.586. The fourth-order valence-electron chi connectivity index (χ4n) is 3.41. The van der Waals surface area contributed by atoms with Crippen molar-refractivity contribution in [1.82, 2.24) is 5.01 Å². The first-order chi connectivity index (χ1) is 15.2. The summed E-state index contributed by atoms with van der Waals surface area (Å²) in [5.74, 6) is -0.348. The maximum absolute atomic E-state index is 12.5. The predicted octanol–water partition coefficient (Wildman–Crippen LogP) is 4.79. The van der Waals surface area contributed by atoms with Crippen LogP contribution in [0.2, 0.25) is 0 Å². The van der Waals surface area contributed by atoms with E-state index in [9.17, 15) is 9.59 Å². The molecule has 1 aliphatic rings. The Hall–Kier alpha value is -3.93. The lowest BCUT2D eigenvalue weighted by molar-refractivity contribution is -0.132. The van der Waals surface area contributed by atoms with E-state index in [-0.39, 0.29) is 24.7 Å². The second-order valence-corrected chi connectivity index (χ2v) is 7.26. The fourth-order valence-corrected chi connectivity index (χ4v) is 3.41. The van der Waals surface area contributed by atoms with Crippen LogP contribution in [0.1, 0.15) is 24.8 Å². The van der Waals surface area contributed by atoms with E-state index < -0.39 is 0 Å². The van der Waals surface area contributed by atoms with Gasteiger partial charge in [0, 0.05) is 24.9 Å². The minimum absolute atomic E-state index is 0.102. The highest BCUT2D eigenvalue weighted by atomic mass is 16.2. The molecule has 0 atom stereocenters. The van der Waals surface area contributed by atoms with Crippen LogP contribution in [0.15, 0.2) is 90.0 Å². The van der Waals surface area contributed by atoms with Crippen molar-refractivity contribution >= 4 is 34.6 Å². The first kappa shape index (κ1) is 20.3. The molecule has 0 aromatic heterocycles. The zero-order valence-corrected chi connectivity index (χ0v) is 17.1. The van der Waals surface area contributed by atoms with Gasteiger partial charge in [0.2, 0.25) is 11.8 Å². The van der Waals surface area contributed by atoms with E-state index >= 15 is 0 Å². The Labute approximate surface area is 181 Å². The summed E-state index contributed by atoms with van der Waals surface area (Å²) in [5.41, 5.74) is 4.33. The Morgan fingerprint density at radius 1 is 0.806 bits per heavy atom. The van der Waals surface area contributed by atoms with Crippen LogP contribution in [0.5, 0.6) is 0 Å². The molecule has 6 heteroatoms. The molecule has 0 saturated heterocycles. The number of benzene rings is 3. The van der Waals surface area contributed by atoms with Crippen LogP contribution in [0.4, 0.5) is 17.1 Å². The number of hydrazone groups is 1. The molecule has 3 aromatic carbocycles. The third-order valence-electron chi connectivity index (χ3n) is 5.02. The summed E-state index contributed by atoms with van der Waals surface area (Å²) in [5, 5.41) is 12.1. The van der Waals surface area contributed by atoms with Gasteiger partial charge >= 0.3 is 0 Å².